The van der Waals surface area contributed by atoms with Crippen LogP contribution in [0.25, 0.3) is 0 Å². The van der Waals surface area contributed by atoms with E-state index in [0.717, 1.165) is 16.1 Å². The van der Waals surface area contributed by atoms with Gasteiger partial charge < -0.3 is 10.2 Å². The van der Waals surface area contributed by atoms with Gasteiger partial charge >= 0.3 is 0 Å². The Morgan fingerprint density at radius 2 is 1.62 bits per heavy atom. The van der Waals surface area contributed by atoms with Gasteiger partial charge in [-0.15, -0.1) is 0 Å². The molecule has 0 fully saturated rings. The maximum Gasteiger partial charge on any atom is 0.244 e. The number of carbonyl (C=O) groups excluding carboxylic acids is 2. The quantitative estimate of drug-likeness (QED) is 0.397. The van der Waals surface area contributed by atoms with Gasteiger partial charge in [-0.1, -0.05) is 65.7 Å². The monoisotopic (exact) mass is 565 g/mol. The lowest BCUT2D eigenvalue weighted by atomic mass is 10.0. The number of carbonyl (C=O) groups is 2. The van der Waals surface area contributed by atoms with Crippen molar-refractivity contribution in [3.63, 3.8) is 0 Å². The fourth-order valence-electron chi connectivity index (χ4n) is 3.79. The van der Waals surface area contributed by atoms with Crippen LogP contribution in [0.1, 0.15) is 11.1 Å². The van der Waals surface area contributed by atoms with Crippen molar-refractivity contribution in [2.24, 2.45) is 0 Å². The van der Waals surface area contributed by atoms with Crippen LogP contribution >= 0.6 is 23.2 Å². The summed E-state index contributed by atoms with van der Waals surface area (Å²) in [4.78, 5) is 28.1. The minimum absolute atomic E-state index is 0.0444. The molecule has 3 rings (SSSR count). The summed E-state index contributed by atoms with van der Waals surface area (Å²) >= 11 is 12.2. The van der Waals surface area contributed by atoms with Gasteiger partial charge in [-0.3, -0.25) is 13.9 Å². The van der Waals surface area contributed by atoms with Crippen molar-refractivity contribution in [3.05, 3.63) is 99.8 Å². The zero-order valence-corrected chi connectivity index (χ0v) is 22.5. The molecule has 2 amide bonds. The van der Waals surface area contributed by atoms with E-state index in [1.807, 2.05) is 30.3 Å². The van der Waals surface area contributed by atoms with Crippen molar-refractivity contribution in [1.29, 1.82) is 0 Å². The Morgan fingerprint density at radius 1 is 0.973 bits per heavy atom. The third-order valence-corrected chi connectivity index (χ3v) is 7.31. The number of nitrogens with one attached hydrogen (secondary N) is 1. The molecule has 0 saturated carbocycles. The molecule has 0 radical (unpaired) electrons. The molecular weight excluding hydrogens is 540 g/mol. The van der Waals surface area contributed by atoms with Crippen LogP contribution in [0, 0.1) is 5.82 Å². The predicted molar refractivity (Wildman–Crippen MR) is 144 cm³/mol. The van der Waals surface area contributed by atoms with Crippen LogP contribution in [0.3, 0.4) is 0 Å². The Hall–Kier alpha value is -3.14. The van der Waals surface area contributed by atoms with Crippen molar-refractivity contribution in [3.8, 4) is 0 Å². The van der Waals surface area contributed by atoms with E-state index < -0.39 is 40.2 Å². The van der Waals surface area contributed by atoms with Crippen LogP contribution in [0.2, 0.25) is 10.0 Å². The van der Waals surface area contributed by atoms with Gasteiger partial charge in [0.25, 0.3) is 0 Å². The maximum absolute atomic E-state index is 13.8. The summed E-state index contributed by atoms with van der Waals surface area (Å²) < 4.78 is 39.8. The molecule has 0 saturated heterocycles. The van der Waals surface area contributed by atoms with Crippen LogP contribution < -0.4 is 9.62 Å². The van der Waals surface area contributed by atoms with Crippen LogP contribution in [0.15, 0.2) is 72.8 Å². The Balaban J connectivity index is 2.04. The highest BCUT2D eigenvalue weighted by Crippen LogP contribution is 2.30. The summed E-state index contributed by atoms with van der Waals surface area (Å²) in [5.74, 6) is -1.53. The first-order valence-corrected chi connectivity index (χ1v) is 13.8. The lowest BCUT2D eigenvalue weighted by Crippen LogP contribution is -2.52. The van der Waals surface area contributed by atoms with Gasteiger partial charge in [0.1, 0.15) is 18.4 Å². The highest BCUT2D eigenvalue weighted by molar-refractivity contribution is 7.92. The zero-order chi connectivity index (χ0) is 27.2. The number of hydrogen-bond donors (Lipinski definition) is 1. The second-order valence-electron chi connectivity index (χ2n) is 8.33. The van der Waals surface area contributed by atoms with Crippen LogP contribution in [-0.2, 0) is 32.6 Å². The molecule has 1 N–H and O–H groups in total. The number of nitrogens with zero attached hydrogens (tertiary/aromatic N) is 2. The summed E-state index contributed by atoms with van der Waals surface area (Å²) in [5, 5.41) is 2.93. The van der Waals surface area contributed by atoms with E-state index in [9.17, 15) is 22.4 Å². The van der Waals surface area contributed by atoms with Crippen molar-refractivity contribution in [2.45, 2.75) is 19.0 Å². The molecule has 0 aliphatic carbocycles. The molecule has 1 atom stereocenters. The third kappa shape index (κ3) is 7.67. The van der Waals surface area contributed by atoms with E-state index >= 15 is 0 Å². The summed E-state index contributed by atoms with van der Waals surface area (Å²) in [5.41, 5.74) is 1.43. The molecule has 3 aromatic carbocycles. The largest absolute Gasteiger partial charge is 0.357 e. The van der Waals surface area contributed by atoms with E-state index in [4.69, 9.17) is 23.2 Å². The first kappa shape index (κ1) is 28.4. The molecule has 11 heteroatoms. The average Bonchev–Trinajstić information content (AvgIpc) is 2.85. The van der Waals surface area contributed by atoms with E-state index in [1.165, 1.54) is 54.4 Å². The van der Waals surface area contributed by atoms with Crippen molar-refractivity contribution < 1.29 is 22.4 Å². The molecule has 0 heterocycles. The first-order valence-electron chi connectivity index (χ1n) is 11.2. The molecule has 1 unspecified atom stereocenters. The highest BCUT2D eigenvalue weighted by atomic mass is 35.5. The Kier molecular flexibility index (Phi) is 9.53. The fourth-order valence-corrected chi connectivity index (χ4v) is 5.21. The molecule has 7 nitrogen and oxygen atoms in total. The number of amides is 2. The molecule has 3 aromatic rings. The van der Waals surface area contributed by atoms with Gasteiger partial charge in [0.2, 0.25) is 21.8 Å². The average molecular weight is 566 g/mol. The number of benzene rings is 3. The van der Waals surface area contributed by atoms with Gasteiger partial charge in [0.05, 0.1) is 17.0 Å². The Bertz CT molecular complexity index is 1360. The number of hydrogen-bond acceptors (Lipinski definition) is 4. The lowest BCUT2D eigenvalue weighted by molar-refractivity contribution is -0.139. The topological polar surface area (TPSA) is 86.8 Å². The second kappa shape index (κ2) is 12.4. The molecule has 0 aromatic heterocycles. The molecule has 0 aliphatic heterocycles. The number of halogens is 3. The molecule has 196 valence electrons. The summed E-state index contributed by atoms with van der Waals surface area (Å²) in [6.45, 7) is -0.681. The second-order valence-corrected chi connectivity index (χ2v) is 11.1. The number of rotatable bonds is 10. The van der Waals surface area contributed by atoms with E-state index in [-0.39, 0.29) is 23.7 Å². The van der Waals surface area contributed by atoms with Gasteiger partial charge in [-0.25, -0.2) is 12.8 Å². The van der Waals surface area contributed by atoms with Crippen molar-refractivity contribution in [2.75, 3.05) is 24.2 Å². The van der Waals surface area contributed by atoms with E-state index in [0.29, 0.717) is 10.6 Å². The molecule has 37 heavy (non-hydrogen) atoms. The smallest absolute Gasteiger partial charge is 0.244 e. The molecule has 0 spiro atoms. The van der Waals surface area contributed by atoms with Crippen LogP contribution in [-0.4, -0.2) is 51.0 Å². The molecule has 0 aliphatic rings. The molecular formula is C26H26Cl2FN3O4S. The zero-order valence-electron chi connectivity index (χ0n) is 20.2. The third-order valence-electron chi connectivity index (χ3n) is 5.64. The fraction of sp³-hybridized carbons (Fsp3) is 0.231. The highest BCUT2D eigenvalue weighted by Gasteiger charge is 2.33. The van der Waals surface area contributed by atoms with Crippen LogP contribution in [0.5, 0.6) is 0 Å². The van der Waals surface area contributed by atoms with E-state index in [2.05, 4.69) is 5.32 Å². The van der Waals surface area contributed by atoms with Gasteiger partial charge in [-0.05, 0) is 41.5 Å². The lowest BCUT2D eigenvalue weighted by Gasteiger charge is -2.33. The maximum atomic E-state index is 13.8. The standard InChI is InChI=1S/C26H26Cl2FN3O4S/c1-30-26(34)24(14-18-6-4-3-5-7-18)31(16-19-8-11-21(29)12-9-19)25(33)17-32(37(2,35)36)23-13-10-20(27)15-22(23)28/h3-13,15,24H,14,16-17H2,1-2H3,(H,30,34). The predicted octanol–water partition coefficient (Wildman–Crippen LogP) is 4.28. The Labute approximate surface area is 225 Å². The summed E-state index contributed by atoms with van der Waals surface area (Å²) in [7, 11) is -2.51. The minimum Gasteiger partial charge on any atom is -0.357 e. The number of likely N-dealkylation sites (N-methyl/N-ethyl adjacent to an activating group) is 1. The van der Waals surface area contributed by atoms with Gasteiger partial charge in [0, 0.05) is 25.0 Å². The number of anilines is 1. The van der Waals surface area contributed by atoms with Crippen molar-refractivity contribution in [1.82, 2.24) is 10.2 Å². The van der Waals surface area contributed by atoms with Gasteiger partial charge in [-0.2, -0.15) is 0 Å². The summed E-state index contributed by atoms with van der Waals surface area (Å²) in [6, 6.07) is 17.9. The normalized spacial score (nSPS) is 12.0. The Morgan fingerprint density at radius 3 is 2.19 bits per heavy atom. The number of sulfonamides is 1. The first-order chi connectivity index (χ1) is 17.5. The van der Waals surface area contributed by atoms with Crippen molar-refractivity contribution >= 4 is 50.7 Å². The van der Waals surface area contributed by atoms with Gasteiger partial charge in [0.15, 0.2) is 0 Å². The van der Waals surface area contributed by atoms with E-state index in [1.54, 1.807) is 0 Å². The van der Waals surface area contributed by atoms with Crippen LogP contribution in [0.4, 0.5) is 10.1 Å². The minimum atomic E-state index is -3.96. The summed E-state index contributed by atoms with van der Waals surface area (Å²) in [6.07, 6.45) is 1.13. The SMILES string of the molecule is CNC(=O)C(Cc1ccccc1)N(Cc1ccc(F)cc1)C(=O)CN(c1ccc(Cl)cc1Cl)S(C)(=O)=O. The molecule has 0 bridgehead atoms.